The highest BCUT2D eigenvalue weighted by Crippen LogP contribution is 2.20. The first kappa shape index (κ1) is 18.0. The summed E-state index contributed by atoms with van der Waals surface area (Å²) in [5, 5.41) is 24.4. The highest BCUT2D eigenvalue weighted by molar-refractivity contribution is 5.81. The molecule has 25 heavy (non-hydrogen) atoms. The van der Waals surface area contributed by atoms with Gasteiger partial charge in [0.1, 0.15) is 11.6 Å². The van der Waals surface area contributed by atoms with Crippen molar-refractivity contribution in [3.8, 4) is 6.07 Å². The summed E-state index contributed by atoms with van der Waals surface area (Å²) in [6.07, 6.45) is 1.44. The summed E-state index contributed by atoms with van der Waals surface area (Å²) in [7, 11) is 1.55. The molecule has 2 rings (SSSR count). The lowest BCUT2D eigenvalue weighted by atomic mass is 10.1. The van der Waals surface area contributed by atoms with Crippen molar-refractivity contribution in [3.63, 3.8) is 0 Å². The molecular weight excluding hydrogens is 322 g/mol. The van der Waals surface area contributed by atoms with Crippen molar-refractivity contribution >= 4 is 17.7 Å². The van der Waals surface area contributed by atoms with Crippen LogP contribution in [-0.4, -0.2) is 23.2 Å². The lowest BCUT2D eigenvalue weighted by Crippen LogP contribution is -2.03. The summed E-state index contributed by atoms with van der Waals surface area (Å²) in [6, 6.07) is 8.68. The van der Waals surface area contributed by atoms with E-state index in [1.54, 1.807) is 39.2 Å². The van der Waals surface area contributed by atoms with Gasteiger partial charge in [0.2, 0.25) is 0 Å². The smallest absolute Gasteiger partial charge is 0.272 e. The van der Waals surface area contributed by atoms with Crippen LogP contribution in [0.1, 0.15) is 27.9 Å². The van der Waals surface area contributed by atoms with Crippen molar-refractivity contribution in [2.24, 2.45) is 5.10 Å². The first-order chi connectivity index (χ1) is 12.0. The molecule has 8 heteroatoms. The molecule has 0 fully saturated rings. The zero-order valence-corrected chi connectivity index (χ0v) is 14.1. The second kappa shape index (κ2) is 7.99. The van der Waals surface area contributed by atoms with Crippen molar-refractivity contribution in [1.29, 1.82) is 5.26 Å². The van der Waals surface area contributed by atoms with E-state index in [1.165, 1.54) is 12.3 Å². The Morgan fingerprint density at radius 2 is 2.20 bits per heavy atom. The number of nitrogens with one attached hydrogen (secondary N) is 1. The van der Waals surface area contributed by atoms with Crippen LogP contribution in [-0.2, 0) is 11.3 Å². The summed E-state index contributed by atoms with van der Waals surface area (Å²) >= 11 is 0. The standard InChI is InChI=1S/C17H17N5O3/c1-11-4-5-13(7-16(11)22(23)24)9-19-21-17-15(8-18)14(10-25-3)6-12(2)20-17/h4-7,9H,10H2,1-3H3,(H,20,21)/b19-9-. The Labute approximate surface area is 144 Å². The SMILES string of the molecule is COCc1cc(C)nc(N/N=C\c2ccc(C)c([N+](=O)[O-])c2)c1C#N. The number of anilines is 1. The molecule has 0 spiro atoms. The molecule has 128 valence electrons. The normalized spacial score (nSPS) is 10.6. The van der Waals surface area contributed by atoms with Crippen LogP contribution in [0.25, 0.3) is 0 Å². The second-order valence-corrected chi connectivity index (χ2v) is 5.36. The molecule has 0 saturated heterocycles. The van der Waals surface area contributed by atoms with E-state index in [0.717, 1.165) is 5.69 Å². The predicted octanol–water partition coefficient (Wildman–Crippen LogP) is 3.07. The number of nitriles is 1. The number of hydrazone groups is 1. The summed E-state index contributed by atoms with van der Waals surface area (Å²) < 4.78 is 5.09. The van der Waals surface area contributed by atoms with Crippen molar-refractivity contribution in [2.75, 3.05) is 12.5 Å². The lowest BCUT2D eigenvalue weighted by Gasteiger charge is -2.09. The average molecular weight is 339 g/mol. The van der Waals surface area contributed by atoms with Crippen LogP contribution in [0.15, 0.2) is 29.4 Å². The number of hydrogen-bond donors (Lipinski definition) is 1. The minimum Gasteiger partial charge on any atom is -0.380 e. The molecule has 0 atom stereocenters. The Morgan fingerprint density at radius 1 is 1.44 bits per heavy atom. The minimum atomic E-state index is -0.437. The number of nitrogens with zero attached hydrogens (tertiary/aromatic N) is 4. The number of aromatic nitrogens is 1. The zero-order valence-electron chi connectivity index (χ0n) is 14.1. The van der Waals surface area contributed by atoms with Gasteiger partial charge < -0.3 is 4.74 Å². The van der Waals surface area contributed by atoms with E-state index < -0.39 is 4.92 Å². The van der Waals surface area contributed by atoms with Gasteiger partial charge >= 0.3 is 0 Å². The third-order valence-electron chi connectivity index (χ3n) is 3.45. The van der Waals surface area contributed by atoms with Crippen LogP contribution in [0, 0.1) is 35.3 Å². The highest BCUT2D eigenvalue weighted by Gasteiger charge is 2.12. The maximum absolute atomic E-state index is 11.0. The van der Waals surface area contributed by atoms with Gasteiger partial charge in [-0.2, -0.15) is 10.4 Å². The molecule has 8 nitrogen and oxygen atoms in total. The summed E-state index contributed by atoms with van der Waals surface area (Å²) in [4.78, 5) is 14.8. The van der Waals surface area contributed by atoms with Gasteiger partial charge in [-0.05, 0) is 19.9 Å². The van der Waals surface area contributed by atoms with Crippen LogP contribution in [0.2, 0.25) is 0 Å². The van der Waals surface area contributed by atoms with E-state index in [2.05, 4.69) is 21.6 Å². The van der Waals surface area contributed by atoms with Crippen LogP contribution >= 0.6 is 0 Å². The molecule has 0 amide bonds. The number of benzene rings is 1. The number of nitro benzene ring substituents is 1. The average Bonchev–Trinajstić information content (AvgIpc) is 2.56. The molecule has 1 aromatic heterocycles. The van der Waals surface area contributed by atoms with Crippen molar-refractivity contribution < 1.29 is 9.66 Å². The number of nitro groups is 1. The van der Waals surface area contributed by atoms with Gasteiger partial charge in [-0.25, -0.2) is 4.98 Å². The molecule has 0 aliphatic carbocycles. The minimum absolute atomic E-state index is 0.0257. The zero-order chi connectivity index (χ0) is 18.4. The van der Waals surface area contributed by atoms with Gasteiger partial charge in [0.25, 0.3) is 5.69 Å². The van der Waals surface area contributed by atoms with E-state index in [-0.39, 0.29) is 12.3 Å². The quantitative estimate of drug-likeness (QED) is 0.491. The molecule has 2 aromatic rings. The number of pyridine rings is 1. The van der Waals surface area contributed by atoms with Gasteiger partial charge in [0, 0.05) is 35.6 Å². The summed E-state index contributed by atoms with van der Waals surface area (Å²) in [5.74, 6) is 0.312. The molecule has 0 radical (unpaired) electrons. The number of rotatable bonds is 6. The second-order valence-electron chi connectivity index (χ2n) is 5.36. The lowest BCUT2D eigenvalue weighted by molar-refractivity contribution is -0.385. The fraction of sp³-hybridized carbons (Fsp3) is 0.235. The molecule has 0 bridgehead atoms. The van der Waals surface area contributed by atoms with Crippen LogP contribution in [0.3, 0.4) is 0 Å². The fourth-order valence-corrected chi connectivity index (χ4v) is 2.29. The maximum Gasteiger partial charge on any atom is 0.272 e. The number of ether oxygens (including phenoxy) is 1. The summed E-state index contributed by atoms with van der Waals surface area (Å²) in [5.41, 5.74) is 5.66. The molecule has 1 aromatic carbocycles. The topological polar surface area (TPSA) is 113 Å². The van der Waals surface area contributed by atoms with Crippen LogP contribution in [0.5, 0.6) is 0 Å². The van der Waals surface area contributed by atoms with Crippen molar-refractivity contribution in [1.82, 2.24) is 4.98 Å². The van der Waals surface area contributed by atoms with Crippen LogP contribution in [0.4, 0.5) is 11.5 Å². The van der Waals surface area contributed by atoms with Gasteiger partial charge in [0.05, 0.1) is 17.7 Å². The molecule has 1 heterocycles. The third-order valence-corrected chi connectivity index (χ3v) is 3.45. The number of hydrogen-bond acceptors (Lipinski definition) is 7. The maximum atomic E-state index is 11.0. The van der Waals surface area contributed by atoms with Gasteiger partial charge in [-0.3, -0.25) is 15.5 Å². The number of methoxy groups -OCH3 is 1. The Balaban J connectivity index is 2.27. The Morgan fingerprint density at radius 3 is 2.84 bits per heavy atom. The molecule has 1 N–H and O–H groups in total. The monoisotopic (exact) mass is 339 g/mol. The largest absolute Gasteiger partial charge is 0.380 e. The summed E-state index contributed by atoms with van der Waals surface area (Å²) in [6.45, 7) is 3.76. The van der Waals surface area contributed by atoms with E-state index in [4.69, 9.17) is 4.74 Å². The van der Waals surface area contributed by atoms with Crippen molar-refractivity contribution in [2.45, 2.75) is 20.5 Å². The number of aryl methyl sites for hydroxylation is 2. The molecular formula is C17H17N5O3. The van der Waals surface area contributed by atoms with E-state index in [1.807, 2.05) is 0 Å². The molecule has 0 aliphatic heterocycles. The molecule has 0 saturated carbocycles. The van der Waals surface area contributed by atoms with Crippen molar-refractivity contribution in [3.05, 3.63) is 62.3 Å². The predicted molar refractivity (Wildman–Crippen MR) is 93.5 cm³/mol. The molecule has 0 unspecified atom stereocenters. The Kier molecular flexibility index (Phi) is 5.76. The first-order valence-corrected chi connectivity index (χ1v) is 7.40. The van der Waals surface area contributed by atoms with Gasteiger partial charge in [0.15, 0.2) is 5.82 Å². The molecule has 0 aliphatic rings. The van der Waals surface area contributed by atoms with Gasteiger partial charge in [-0.1, -0.05) is 12.1 Å². The highest BCUT2D eigenvalue weighted by atomic mass is 16.6. The fourth-order valence-electron chi connectivity index (χ4n) is 2.29. The van der Waals surface area contributed by atoms with Crippen LogP contribution < -0.4 is 5.43 Å². The first-order valence-electron chi connectivity index (χ1n) is 7.40. The third kappa shape index (κ3) is 4.37. The Bertz CT molecular complexity index is 871. The van der Waals surface area contributed by atoms with Gasteiger partial charge in [-0.15, -0.1) is 0 Å². The van der Waals surface area contributed by atoms with E-state index in [9.17, 15) is 15.4 Å². The van der Waals surface area contributed by atoms with E-state index >= 15 is 0 Å². The Hall–Kier alpha value is -3.31. The van der Waals surface area contributed by atoms with E-state index in [0.29, 0.717) is 28.1 Å².